The molecule has 10 nitrogen and oxygen atoms in total. The van der Waals surface area contributed by atoms with Crippen LogP contribution in [0.2, 0.25) is 0 Å². The summed E-state index contributed by atoms with van der Waals surface area (Å²) in [4.78, 5) is 50.6. The molecule has 1 rings (SSSR count). The van der Waals surface area contributed by atoms with Crippen molar-refractivity contribution in [3.8, 4) is 6.07 Å². The van der Waals surface area contributed by atoms with Crippen molar-refractivity contribution in [2.24, 2.45) is 0 Å². The van der Waals surface area contributed by atoms with Crippen molar-refractivity contribution >= 4 is 23.9 Å². The van der Waals surface area contributed by atoms with Gasteiger partial charge in [0.25, 0.3) is 0 Å². The quantitative estimate of drug-likeness (QED) is 0.402. The van der Waals surface area contributed by atoms with Crippen molar-refractivity contribution in [2.45, 2.75) is 52.7 Å². The first-order valence-electron chi connectivity index (χ1n) is 10.6. The first-order valence-corrected chi connectivity index (χ1v) is 10.6. The van der Waals surface area contributed by atoms with Crippen LogP contribution in [0.25, 0.3) is 0 Å². The molecule has 0 aliphatic heterocycles. The van der Waals surface area contributed by atoms with Crippen LogP contribution in [-0.4, -0.2) is 60.6 Å². The molecule has 0 aliphatic rings. The highest BCUT2D eigenvalue weighted by molar-refractivity contribution is 5.90. The van der Waals surface area contributed by atoms with Gasteiger partial charge < -0.3 is 25.0 Å². The monoisotopic (exact) mass is 460 g/mol. The van der Waals surface area contributed by atoms with E-state index in [0.717, 1.165) is 10.5 Å². The Morgan fingerprint density at radius 1 is 1.18 bits per heavy atom. The van der Waals surface area contributed by atoms with Crippen LogP contribution in [0.1, 0.15) is 51.3 Å². The lowest BCUT2D eigenvalue weighted by atomic mass is 10.0. The number of aryl methyl sites for hydroxylation is 1. The molecule has 0 aliphatic carbocycles. The molecule has 1 aromatic carbocycles. The van der Waals surface area contributed by atoms with E-state index < -0.39 is 48.6 Å². The van der Waals surface area contributed by atoms with E-state index in [9.17, 15) is 24.4 Å². The fraction of sp³-hybridized carbons (Fsp3) is 0.522. The summed E-state index contributed by atoms with van der Waals surface area (Å²) < 4.78 is 9.97. The zero-order valence-corrected chi connectivity index (χ0v) is 19.8. The van der Waals surface area contributed by atoms with Crippen LogP contribution in [0, 0.1) is 18.3 Å². The lowest BCUT2D eigenvalue weighted by molar-refractivity contribution is -0.143. The van der Waals surface area contributed by atoms with E-state index in [0.29, 0.717) is 5.56 Å². The Morgan fingerprint density at radius 3 is 2.45 bits per heavy atom. The maximum atomic E-state index is 13.1. The molecule has 2 N–H and O–H groups in total. The van der Waals surface area contributed by atoms with Gasteiger partial charge in [0.15, 0.2) is 0 Å². The number of nitriles is 1. The molecule has 1 aromatic rings. The van der Waals surface area contributed by atoms with Gasteiger partial charge in [-0.25, -0.2) is 4.79 Å². The van der Waals surface area contributed by atoms with Crippen LogP contribution >= 0.6 is 0 Å². The third kappa shape index (κ3) is 10.0. The smallest absolute Gasteiger partial charge is 0.408 e. The number of carbonyl (C=O) groups is 4. The van der Waals surface area contributed by atoms with Crippen molar-refractivity contribution < 1.29 is 28.7 Å². The number of hydrogen-bond donors (Lipinski definition) is 2. The summed E-state index contributed by atoms with van der Waals surface area (Å²) in [5.41, 5.74) is 0.597. The standard InChI is InChI=1S/C23H32N4O6/c1-6-32-19(29)10-12-25-21(30)20(17-9-7-8-16(2)14-17)27(13-11-24)18(28)15-26-22(31)33-23(3,4)5/h7-9,14,20H,6,10,12-13,15H2,1-5H3,(H,25,30)(H,26,31). The fourth-order valence-corrected chi connectivity index (χ4v) is 2.89. The molecule has 0 bridgehead atoms. The molecule has 3 amide bonds. The third-order valence-corrected chi connectivity index (χ3v) is 4.20. The van der Waals surface area contributed by atoms with E-state index in [1.807, 2.05) is 19.1 Å². The predicted octanol–water partition coefficient (Wildman–Crippen LogP) is 1.98. The van der Waals surface area contributed by atoms with Crippen molar-refractivity contribution in [3.63, 3.8) is 0 Å². The van der Waals surface area contributed by atoms with E-state index in [1.165, 1.54) is 0 Å². The Labute approximate surface area is 194 Å². The minimum Gasteiger partial charge on any atom is -0.466 e. The number of alkyl carbamates (subject to hydrolysis) is 1. The highest BCUT2D eigenvalue weighted by Gasteiger charge is 2.32. The molecule has 10 heteroatoms. The normalized spacial score (nSPS) is 11.5. The molecule has 0 heterocycles. The number of ether oxygens (including phenoxy) is 2. The lowest BCUT2D eigenvalue weighted by Crippen LogP contribution is -2.48. The minimum atomic E-state index is -1.14. The summed E-state index contributed by atoms with van der Waals surface area (Å²) in [5.74, 6) is -1.67. The van der Waals surface area contributed by atoms with Crippen molar-refractivity contribution in [3.05, 3.63) is 35.4 Å². The molecular formula is C23H32N4O6. The van der Waals surface area contributed by atoms with Gasteiger partial charge in [0.2, 0.25) is 11.8 Å². The van der Waals surface area contributed by atoms with Crippen LogP contribution in [0.4, 0.5) is 4.79 Å². The molecule has 0 saturated carbocycles. The lowest BCUT2D eigenvalue weighted by Gasteiger charge is -2.30. The van der Waals surface area contributed by atoms with Gasteiger partial charge in [-0.05, 0) is 40.2 Å². The number of hydrogen-bond acceptors (Lipinski definition) is 7. The summed E-state index contributed by atoms with van der Waals surface area (Å²) in [7, 11) is 0. The number of esters is 1. The minimum absolute atomic E-state index is 0.00469. The summed E-state index contributed by atoms with van der Waals surface area (Å²) >= 11 is 0. The second kappa shape index (κ2) is 13.1. The van der Waals surface area contributed by atoms with Gasteiger partial charge in [-0.15, -0.1) is 0 Å². The molecular weight excluding hydrogens is 428 g/mol. The summed E-state index contributed by atoms with van der Waals surface area (Å²) in [6.07, 6.45) is -0.828. The number of benzene rings is 1. The molecule has 180 valence electrons. The Kier molecular flexibility index (Phi) is 10.8. The van der Waals surface area contributed by atoms with Crippen LogP contribution in [-0.2, 0) is 23.9 Å². The van der Waals surface area contributed by atoms with Crippen LogP contribution in [0.5, 0.6) is 0 Å². The van der Waals surface area contributed by atoms with Gasteiger partial charge in [0.05, 0.1) is 19.1 Å². The summed E-state index contributed by atoms with van der Waals surface area (Å²) in [6.45, 7) is 7.95. The third-order valence-electron chi connectivity index (χ3n) is 4.20. The fourth-order valence-electron chi connectivity index (χ4n) is 2.89. The molecule has 0 saturated heterocycles. The molecule has 1 atom stereocenters. The predicted molar refractivity (Wildman–Crippen MR) is 120 cm³/mol. The molecule has 0 fully saturated rings. The van der Waals surface area contributed by atoms with Crippen molar-refractivity contribution in [1.82, 2.24) is 15.5 Å². The Hall–Kier alpha value is -3.61. The number of rotatable bonds is 10. The molecule has 0 aromatic heterocycles. The second-order valence-electron chi connectivity index (χ2n) is 8.20. The highest BCUT2D eigenvalue weighted by Crippen LogP contribution is 2.22. The summed E-state index contributed by atoms with van der Waals surface area (Å²) in [6, 6.07) is 7.72. The topological polar surface area (TPSA) is 138 Å². The number of nitrogens with zero attached hydrogens (tertiary/aromatic N) is 2. The first-order chi connectivity index (χ1) is 15.5. The Balaban J connectivity index is 3.06. The SMILES string of the molecule is CCOC(=O)CCNC(=O)C(c1cccc(C)c1)N(CC#N)C(=O)CNC(=O)OC(C)(C)C. The molecule has 0 radical (unpaired) electrons. The van der Waals surface area contributed by atoms with E-state index in [-0.39, 0.29) is 19.6 Å². The van der Waals surface area contributed by atoms with Gasteiger partial charge in [0.1, 0.15) is 24.7 Å². The Morgan fingerprint density at radius 2 is 1.88 bits per heavy atom. The average Bonchev–Trinajstić information content (AvgIpc) is 2.70. The van der Waals surface area contributed by atoms with Gasteiger partial charge in [-0.3, -0.25) is 14.4 Å². The van der Waals surface area contributed by atoms with Crippen molar-refractivity contribution in [2.75, 3.05) is 26.2 Å². The van der Waals surface area contributed by atoms with Gasteiger partial charge in [-0.2, -0.15) is 5.26 Å². The number of nitrogens with one attached hydrogen (secondary N) is 2. The molecule has 1 unspecified atom stereocenters. The number of amides is 3. The summed E-state index contributed by atoms with van der Waals surface area (Å²) in [5, 5.41) is 14.3. The van der Waals surface area contributed by atoms with Gasteiger partial charge in [0, 0.05) is 6.54 Å². The Bertz CT molecular complexity index is 888. The maximum absolute atomic E-state index is 13.1. The number of carbonyl (C=O) groups excluding carboxylic acids is 4. The van der Waals surface area contributed by atoms with Gasteiger partial charge >= 0.3 is 12.1 Å². The van der Waals surface area contributed by atoms with Crippen LogP contribution < -0.4 is 10.6 Å². The second-order valence-corrected chi connectivity index (χ2v) is 8.20. The highest BCUT2D eigenvalue weighted by atomic mass is 16.6. The largest absolute Gasteiger partial charge is 0.466 e. The molecule has 0 spiro atoms. The van der Waals surface area contributed by atoms with Crippen LogP contribution in [0.3, 0.4) is 0 Å². The first kappa shape index (κ1) is 27.4. The zero-order chi connectivity index (χ0) is 25.0. The van der Waals surface area contributed by atoms with E-state index in [1.54, 1.807) is 45.9 Å². The maximum Gasteiger partial charge on any atom is 0.408 e. The van der Waals surface area contributed by atoms with E-state index in [2.05, 4.69) is 10.6 Å². The van der Waals surface area contributed by atoms with Crippen LogP contribution in [0.15, 0.2) is 24.3 Å². The van der Waals surface area contributed by atoms with E-state index in [4.69, 9.17) is 9.47 Å². The molecule has 33 heavy (non-hydrogen) atoms. The van der Waals surface area contributed by atoms with E-state index >= 15 is 0 Å². The van der Waals surface area contributed by atoms with Gasteiger partial charge in [-0.1, -0.05) is 29.8 Å². The van der Waals surface area contributed by atoms with Crippen molar-refractivity contribution in [1.29, 1.82) is 5.26 Å². The zero-order valence-electron chi connectivity index (χ0n) is 19.8. The average molecular weight is 461 g/mol.